The Hall–Kier alpha value is -0.630. The van der Waals surface area contributed by atoms with Gasteiger partial charge >= 0.3 is 0 Å². The normalized spacial score (nSPS) is 17.4. The minimum Gasteiger partial charge on any atom is -0.212 e. The van der Waals surface area contributed by atoms with Crippen LogP contribution in [0.1, 0.15) is 13.3 Å². The highest BCUT2D eigenvalue weighted by Gasteiger charge is 1.95. The number of rotatable bonds is 0. The average molecular weight is 140 g/mol. The zero-order valence-electron chi connectivity index (χ0n) is 5.26. The molecule has 0 unspecified atom stereocenters. The third kappa shape index (κ3) is 1.64. The molecule has 1 aliphatic rings. The summed E-state index contributed by atoms with van der Waals surface area (Å²) >= 11 is 0.583. The van der Waals surface area contributed by atoms with Crippen molar-refractivity contribution in [2.24, 2.45) is 0 Å². The molecule has 0 saturated heterocycles. The summed E-state index contributed by atoms with van der Waals surface area (Å²) in [5, 5.41) is 0. The van der Waals surface area contributed by atoms with Gasteiger partial charge < -0.3 is 0 Å². The van der Waals surface area contributed by atoms with Crippen LogP contribution in [0.4, 0.5) is 0 Å². The van der Waals surface area contributed by atoms with Crippen LogP contribution >= 0.6 is 0 Å². The molecule has 0 radical (unpaired) electrons. The molecule has 0 amide bonds. The van der Waals surface area contributed by atoms with Crippen molar-refractivity contribution < 1.29 is 4.21 Å². The van der Waals surface area contributed by atoms with Gasteiger partial charge in [-0.1, -0.05) is 17.7 Å². The van der Waals surface area contributed by atoms with Gasteiger partial charge in [-0.3, -0.25) is 0 Å². The quantitative estimate of drug-likeness (QED) is 0.463. The summed E-state index contributed by atoms with van der Waals surface area (Å²) in [6, 6.07) is 0. The molecular formula is C7H8OS. The molecule has 1 nitrogen and oxygen atoms in total. The summed E-state index contributed by atoms with van der Waals surface area (Å²) in [6.07, 6.45) is 6.72. The van der Waals surface area contributed by atoms with Crippen LogP contribution in [-0.2, 0) is 11.3 Å². The van der Waals surface area contributed by atoms with Gasteiger partial charge in [0.25, 0.3) is 0 Å². The molecule has 9 heavy (non-hydrogen) atoms. The minimum absolute atomic E-state index is 0.583. The molecule has 2 heteroatoms. The van der Waals surface area contributed by atoms with Crippen LogP contribution in [0, 0.1) is 0 Å². The van der Waals surface area contributed by atoms with E-state index in [9.17, 15) is 4.21 Å². The Morgan fingerprint density at radius 3 is 2.78 bits per heavy atom. The smallest absolute Gasteiger partial charge is 0.0923 e. The SMILES string of the molecule is CC1=CCC(=S=O)C=C1. The zero-order chi connectivity index (χ0) is 6.69. The number of hydrogen-bond donors (Lipinski definition) is 0. The lowest BCUT2D eigenvalue weighted by atomic mass is 10.1. The van der Waals surface area contributed by atoms with E-state index in [0.29, 0.717) is 11.3 Å². The van der Waals surface area contributed by atoms with E-state index in [2.05, 4.69) is 6.08 Å². The van der Waals surface area contributed by atoms with Crippen molar-refractivity contribution in [3.05, 3.63) is 23.8 Å². The van der Waals surface area contributed by atoms with Crippen LogP contribution in [0.25, 0.3) is 0 Å². The molecule has 0 aromatic heterocycles. The van der Waals surface area contributed by atoms with Crippen LogP contribution in [0.5, 0.6) is 0 Å². The van der Waals surface area contributed by atoms with E-state index in [1.165, 1.54) is 5.57 Å². The van der Waals surface area contributed by atoms with E-state index >= 15 is 0 Å². The first kappa shape index (κ1) is 6.49. The molecular weight excluding hydrogens is 132 g/mol. The Kier molecular flexibility index (Phi) is 2.01. The molecule has 0 bridgehead atoms. The lowest BCUT2D eigenvalue weighted by Gasteiger charge is -1.98. The highest BCUT2D eigenvalue weighted by molar-refractivity contribution is 7.66. The van der Waals surface area contributed by atoms with Crippen LogP contribution < -0.4 is 0 Å². The van der Waals surface area contributed by atoms with Gasteiger partial charge in [0, 0.05) is 11.3 Å². The molecule has 0 spiro atoms. The molecule has 1 aliphatic carbocycles. The van der Waals surface area contributed by atoms with Gasteiger partial charge in [0.05, 0.1) is 11.3 Å². The Balaban J connectivity index is 2.81. The van der Waals surface area contributed by atoms with Crippen LogP contribution in [-0.4, -0.2) is 9.07 Å². The van der Waals surface area contributed by atoms with Crippen molar-refractivity contribution in [2.75, 3.05) is 0 Å². The predicted octanol–water partition coefficient (Wildman–Crippen LogP) is 1.28. The number of allylic oxidation sites excluding steroid dienone is 4. The first-order chi connectivity index (χ1) is 4.33. The lowest BCUT2D eigenvalue weighted by Crippen LogP contribution is -1.94. The lowest BCUT2D eigenvalue weighted by molar-refractivity contribution is 0.701. The third-order valence-electron chi connectivity index (χ3n) is 1.26. The van der Waals surface area contributed by atoms with Gasteiger partial charge in [-0.05, 0) is 13.0 Å². The maximum Gasteiger partial charge on any atom is 0.0923 e. The minimum atomic E-state index is 0.583. The van der Waals surface area contributed by atoms with Gasteiger partial charge in [0.1, 0.15) is 0 Å². The molecule has 0 aliphatic heterocycles. The summed E-state index contributed by atoms with van der Waals surface area (Å²) in [6.45, 7) is 2.03. The van der Waals surface area contributed by atoms with E-state index in [1.807, 2.05) is 19.1 Å². The van der Waals surface area contributed by atoms with E-state index in [1.54, 1.807) is 0 Å². The summed E-state index contributed by atoms with van der Waals surface area (Å²) in [5.41, 5.74) is 1.24. The summed E-state index contributed by atoms with van der Waals surface area (Å²) in [5.74, 6) is 0. The summed E-state index contributed by atoms with van der Waals surface area (Å²) < 4.78 is 10.2. The molecule has 0 heterocycles. The van der Waals surface area contributed by atoms with Crippen molar-refractivity contribution in [1.29, 1.82) is 0 Å². The van der Waals surface area contributed by atoms with Crippen LogP contribution in [0.3, 0.4) is 0 Å². The van der Waals surface area contributed by atoms with Crippen molar-refractivity contribution in [1.82, 2.24) is 0 Å². The monoisotopic (exact) mass is 140 g/mol. The Labute approximate surface area is 58.2 Å². The van der Waals surface area contributed by atoms with Crippen molar-refractivity contribution >= 4 is 16.1 Å². The molecule has 0 atom stereocenters. The molecule has 0 fully saturated rings. The third-order valence-corrected chi connectivity index (χ3v) is 1.78. The summed E-state index contributed by atoms with van der Waals surface area (Å²) in [7, 11) is 0. The second-order valence-corrected chi connectivity index (χ2v) is 2.73. The van der Waals surface area contributed by atoms with Gasteiger partial charge in [-0.2, -0.15) is 0 Å². The molecule has 48 valence electrons. The first-order valence-electron chi connectivity index (χ1n) is 2.83. The summed E-state index contributed by atoms with van der Waals surface area (Å²) in [4.78, 5) is 0.903. The highest BCUT2D eigenvalue weighted by atomic mass is 32.1. The molecule has 0 aromatic carbocycles. The highest BCUT2D eigenvalue weighted by Crippen LogP contribution is 2.04. The van der Waals surface area contributed by atoms with Gasteiger partial charge in [0.2, 0.25) is 0 Å². The average Bonchev–Trinajstić information content (AvgIpc) is 1.90. The molecule has 0 aromatic rings. The maximum atomic E-state index is 10.2. The fraction of sp³-hybridized carbons (Fsp3) is 0.286. The van der Waals surface area contributed by atoms with Crippen LogP contribution in [0.15, 0.2) is 23.8 Å². The van der Waals surface area contributed by atoms with E-state index in [0.717, 1.165) is 11.3 Å². The van der Waals surface area contributed by atoms with Gasteiger partial charge in [-0.15, -0.1) is 0 Å². The van der Waals surface area contributed by atoms with Crippen molar-refractivity contribution in [3.63, 3.8) is 0 Å². The second-order valence-electron chi connectivity index (χ2n) is 2.04. The largest absolute Gasteiger partial charge is 0.212 e. The van der Waals surface area contributed by atoms with Gasteiger partial charge in [0.15, 0.2) is 0 Å². The van der Waals surface area contributed by atoms with E-state index < -0.39 is 0 Å². The van der Waals surface area contributed by atoms with Gasteiger partial charge in [-0.25, -0.2) is 4.21 Å². The van der Waals surface area contributed by atoms with Crippen molar-refractivity contribution in [3.8, 4) is 0 Å². The maximum absolute atomic E-state index is 10.2. The Morgan fingerprint density at radius 2 is 2.33 bits per heavy atom. The van der Waals surface area contributed by atoms with Crippen molar-refractivity contribution in [2.45, 2.75) is 13.3 Å². The standard InChI is InChI=1S/C7H8OS/c1-6-2-4-7(9-8)5-3-6/h2-4H,5H2,1H3. The van der Waals surface area contributed by atoms with E-state index in [4.69, 9.17) is 0 Å². The Morgan fingerprint density at radius 1 is 1.56 bits per heavy atom. The molecule has 1 rings (SSSR count). The fourth-order valence-corrected chi connectivity index (χ4v) is 0.959. The predicted molar refractivity (Wildman–Crippen MR) is 40.7 cm³/mol. The number of hydrogen-bond acceptors (Lipinski definition) is 1. The zero-order valence-corrected chi connectivity index (χ0v) is 6.07. The molecule has 0 N–H and O–H groups in total. The Bertz CT molecular complexity index is 219. The second kappa shape index (κ2) is 2.78. The van der Waals surface area contributed by atoms with E-state index in [-0.39, 0.29) is 0 Å². The topological polar surface area (TPSA) is 17.1 Å². The first-order valence-corrected chi connectivity index (χ1v) is 3.57. The fourth-order valence-electron chi connectivity index (χ4n) is 0.684. The van der Waals surface area contributed by atoms with Crippen LogP contribution in [0.2, 0.25) is 0 Å². The molecule has 0 saturated carbocycles.